The summed E-state index contributed by atoms with van der Waals surface area (Å²) in [7, 11) is 0. The second-order valence-corrected chi connectivity index (χ2v) is 4.85. The summed E-state index contributed by atoms with van der Waals surface area (Å²) in [5, 5.41) is 8.83. The van der Waals surface area contributed by atoms with E-state index in [4.69, 9.17) is 5.11 Å². The van der Waals surface area contributed by atoms with Gasteiger partial charge in [0.05, 0.1) is 0 Å². The number of amides is 1. The van der Waals surface area contributed by atoms with E-state index in [1.807, 2.05) is 6.92 Å². The van der Waals surface area contributed by atoms with Crippen LogP contribution in [0.2, 0.25) is 0 Å². The van der Waals surface area contributed by atoms with Crippen LogP contribution in [0.3, 0.4) is 0 Å². The van der Waals surface area contributed by atoms with Crippen molar-refractivity contribution in [2.24, 2.45) is 11.3 Å². The number of ketones is 1. The van der Waals surface area contributed by atoms with Crippen molar-refractivity contribution in [3.63, 3.8) is 0 Å². The SMILES string of the molecule is CC1CCC2(CCN(C(=O)O)CC2)C1=O. The Balaban J connectivity index is 2.04. The maximum atomic E-state index is 12.0. The highest BCUT2D eigenvalue weighted by Crippen LogP contribution is 2.45. The fourth-order valence-corrected chi connectivity index (χ4v) is 2.89. The monoisotopic (exact) mass is 211 g/mol. The van der Waals surface area contributed by atoms with Gasteiger partial charge in [0, 0.05) is 24.4 Å². The summed E-state index contributed by atoms with van der Waals surface area (Å²) in [6, 6.07) is 0. The number of carboxylic acid groups (broad SMARTS) is 1. The predicted molar refractivity (Wildman–Crippen MR) is 54.7 cm³/mol. The number of carbonyl (C=O) groups excluding carboxylic acids is 1. The van der Waals surface area contributed by atoms with Gasteiger partial charge in [-0.3, -0.25) is 4.79 Å². The largest absolute Gasteiger partial charge is 0.465 e. The normalized spacial score (nSPS) is 29.8. The fourth-order valence-electron chi connectivity index (χ4n) is 2.89. The van der Waals surface area contributed by atoms with E-state index in [0.29, 0.717) is 18.9 Å². The lowest BCUT2D eigenvalue weighted by atomic mass is 9.75. The summed E-state index contributed by atoms with van der Waals surface area (Å²) >= 11 is 0. The van der Waals surface area contributed by atoms with Gasteiger partial charge < -0.3 is 10.0 Å². The minimum absolute atomic E-state index is 0.175. The molecule has 0 aromatic heterocycles. The Morgan fingerprint density at radius 1 is 1.40 bits per heavy atom. The smallest absolute Gasteiger partial charge is 0.407 e. The average molecular weight is 211 g/mol. The van der Waals surface area contributed by atoms with E-state index < -0.39 is 6.09 Å². The number of nitrogens with zero attached hydrogens (tertiary/aromatic N) is 1. The number of rotatable bonds is 0. The lowest BCUT2D eigenvalue weighted by Crippen LogP contribution is -2.44. The zero-order chi connectivity index (χ0) is 11.1. The average Bonchev–Trinajstić information content (AvgIpc) is 2.48. The first-order chi connectivity index (χ1) is 7.05. The third kappa shape index (κ3) is 1.62. The van der Waals surface area contributed by atoms with Crippen LogP contribution in [0.25, 0.3) is 0 Å². The highest BCUT2D eigenvalue weighted by Gasteiger charge is 2.47. The van der Waals surface area contributed by atoms with Gasteiger partial charge in [0.2, 0.25) is 0 Å². The molecule has 1 amide bonds. The number of carbonyl (C=O) groups is 2. The molecular weight excluding hydrogens is 194 g/mol. The van der Waals surface area contributed by atoms with Crippen LogP contribution < -0.4 is 0 Å². The molecule has 0 aromatic rings. The number of Topliss-reactive ketones (excluding diaryl/α,β-unsaturated/α-hetero) is 1. The highest BCUT2D eigenvalue weighted by molar-refractivity contribution is 5.89. The van der Waals surface area contributed by atoms with E-state index in [1.54, 1.807) is 0 Å². The van der Waals surface area contributed by atoms with Crippen molar-refractivity contribution in [2.45, 2.75) is 32.6 Å². The van der Waals surface area contributed by atoms with Crippen LogP contribution in [-0.2, 0) is 4.79 Å². The molecule has 1 atom stereocenters. The van der Waals surface area contributed by atoms with Gasteiger partial charge in [-0.25, -0.2) is 4.79 Å². The van der Waals surface area contributed by atoms with Gasteiger partial charge in [-0.15, -0.1) is 0 Å². The van der Waals surface area contributed by atoms with Gasteiger partial charge >= 0.3 is 6.09 Å². The third-order valence-electron chi connectivity index (χ3n) is 4.02. The minimum Gasteiger partial charge on any atom is -0.465 e. The molecule has 0 radical (unpaired) electrons. The van der Waals surface area contributed by atoms with Gasteiger partial charge in [0.15, 0.2) is 0 Å². The Bertz CT molecular complexity index is 292. The van der Waals surface area contributed by atoms with E-state index in [9.17, 15) is 9.59 Å². The molecule has 1 N–H and O–H groups in total. The molecule has 1 saturated carbocycles. The molecule has 2 rings (SSSR count). The summed E-state index contributed by atoms with van der Waals surface area (Å²) < 4.78 is 0. The van der Waals surface area contributed by atoms with Crippen molar-refractivity contribution in [3.8, 4) is 0 Å². The Morgan fingerprint density at radius 2 is 2.00 bits per heavy atom. The molecule has 1 saturated heterocycles. The number of hydrogen-bond donors (Lipinski definition) is 1. The first-order valence-electron chi connectivity index (χ1n) is 5.57. The quantitative estimate of drug-likeness (QED) is 0.664. The zero-order valence-corrected chi connectivity index (χ0v) is 9.03. The lowest BCUT2D eigenvalue weighted by molar-refractivity contribution is -0.130. The molecule has 1 heterocycles. The summed E-state index contributed by atoms with van der Waals surface area (Å²) in [4.78, 5) is 24.2. The third-order valence-corrected chi connectivity index (χ3v) is 4.02. The maximum absolute atomic E-state index is 12.0. The van der Waals surface area contributed by atoms with Crippen LogP contribution in [0.1, 0.15) is 32.6 Å². The standard InChI is InChI=1S/C11H17NO3/c1-8-2-3-11(9(8)13)4-6-12(7-5-11)10(14)15/h8H,2-7H2,1H3,(H,14,15). The van der Waals surface area contributed by atoms with Crippen molar-refractivity contribution < 1.29 is 14.7 Å². The van der Waals surface area contributed by atoms with Gasteiger partial charge in [-0.05, 0) is 25.7 Å². The molecule has 0 aromatic carbocycles. The molecule has 1 aliphatic carbocycles. The molecule has 1 aliphatic heterocycles. The van der Waals surface area contributed by atoms with Gasteiger partial charge in [-0.1, -0.05) is 6.92 Å². The maximum Gasteiger partial charge on any atom is 0.407 e. The van der Waals surface area contributed by atoms with E-state index in [0.717, 1.165) is 25.7 Å². The summed E-state index contributed by atoms with van der Waals surface area (Å²) in [6.07, 6.45) is 2.53. The van der Waals surface area contributed by atoms with Crippen LogP contribution in [0.5, 0.6) is 0 Å². The molecule has 2 aliphatic rings. The Hall–Kier alpha value is -1.06. The first-order valence-corrected chi connectivity index (χ1v) is 5.57. The van der Waals surface area contributed by atoms with Gasteiger partial charge in [-0.2, -0.15) is 0 Å². The second kappa shape index (κ2) is 3.51. The molecular formula is C11H17NO3. The topological polar surface area (TPSA) is 57.6 Å². The van der Waals surface area contributed by atoms with Crippen molar-refractivity contribution in [1.29, 1.82) is 0 Å². The molecule has 1 unspecified atom stereocenters. The Kier molecular flexibility index (Phi) is 2.44. The van der Waals surface area contributed by atoms with Crippen molar-refractivity contribution in [2.75, 3.05) is 13.1 Å². The summed E-state index contributed by atoms with van der Waals surface area (Å²) in [5.41, 5.74) is -0.175. The molecule has 4 heteroatoms. The van der Waals surface area contributed by atoms with Crippen molar-refractivity contribution in [1.82, 2.24) is 4.90 Å². The molecule has 1 spiro atoms. The van der Waals surface area contributed by atoms with Crippen molar-refractivity contribution >= 4 is 11.9 Å². The van der Waals surface area contributed by atoms with E-state index in [1.165, 1.54) is 4.90 Å². The molecule has 15 heavy (non-hydrogen) atoms. The molecule has 2 fully saturated rings. The molecule has 0 bridgehead atoms. The van der Waals surface area contributed by atoms with E-state index in [-0.39, 0.29) is 11.3 Å². The van der Waals surface area contributed by atoms with Gasteiger partial charge in [0.1, 0.15) is 5.78 Å². The zero-order valence-electron chi connectivity index (χ0n) is 9.03. The highest BCUT2D eigenvalue weighted by atomic mass is 16.4. The fraction of sp³-hybridized carbons (Fsp3) is 0.818. The minimum atomic E-state index is -0.858. The number of hydrogen-bond acceptors (Lipinski definition) is 2. The van der Waals surface area contributed by atoms with E-state index in [2.05, 4.69) is 0 Å². The lowest BCUT2D eigenvalue weighted by Gasteiger charge is -2.37. The molecule has 4 nitrogen and oxygen atoms in total. The van der Waals surface area contributed by atoms with Crippen LogP contribution in [0.15, 0.2) is 0 Å². The second-order valence-electron chi connectivity index (χ2n) is 4.85. The summed E-state index contributed by atoms with van der Waals surface area (Å²) in [6.45, 7) is 3.03. The number of likely N-dealkylation sites (tertiary alicyclic amines) is 1. The van der Waals surface area contributed by atoms with Crippen LogP contribution >= 0.6 is 0 Å². The Labute approximate surface area is 89.3 Å². The van der Waals surface area contributed by atoms with E-state index >= 15 is 0 Å². The molecule has 84 valence electrons. The van der Waals surface area contributed by atoms with Crippen molar-refractivity contribution in [3.05, 3.63) is 0 Å². The van der Waals surface area contributed by atoms with Crippen LogP contribution in [0, 0.1) is 11.3 Å². The van der Waals surface area contributed by atoms with Crippen LogP contribution in [-0.4, -0.2) is 35.0 Å². The number of piperidine rings is 1. The Morgan fingerprint density at radius 3 is 2.40 bits per heavy atom. The summed E-state index contributed by atoms with van der Waals surface area (Å²) in [5.74, 6) is 0.550. The predicted octanol–water partition coefficient (Wildman–Crippen LogP) is 1.75. The first kappa shape index (κ1) is 10.5. The van der Waals surface area contributed by atoms with Gasteiger partial charge in [0.25, 0.3) is 0 Å². The van der Waals surface area contributed by atoms with Crippen LogP contribution in [0.4, 0.5) is 4.79 Å².